The van der Waals surface area contributed by atoms with Crippen molar-refractivity contribution in [3.8, 4) is 34.4 Å². The average Bonchev–Trinajstić information content (AvgIpc) is 3.37. The number of fused-ring (bicyclic) bond motifs is 5. The molecule has 0 saturated carbocycles. The number of aryl methyl sites for hydroxylation is 1. The van der Waals surface area contributed by atoms with E-state index in [0.29, 0.717) is 5.56 Å². The third-order valence-corrected chi connectivity index (χ3v) is 6.34. The lowest BCUT2D eigenvalue weighted by Crippen LogP contribution is -2.18. The first-order valence-electron chi connectivity index (χ1n) is 11.2. The summed E-state index contributed by atoms with van der Waals surface area (Å²) in [6.45, 7) is 6.19. The summed E-state index contributed by atoms with van der Waals surface area (Å²) < 4.78 is 4.57. The standard InChI is InChI=1S/C27H27N5/c1-4-5-12-30(3)24-10-11-25-23(13-24)18-31-17-22(21-8-6-20(15-28)7-9-21)14-26(31)27-29-16-19(2)32(25)27/h6-11,13-14,16-17H,4-5,12,18H2,1-3H3. The van der Waals surface area contributed by atoms with Crippen LogP contribution in [0.5, 0.6) is 0 Å². The smallest absolute Gasteiger partial charge is 0.161 e. The fourth-order valence-corrected chi connectivity index (χ4v) is 4.51. The van der Waals surface area contributed by atoms with Crippen LogP contribution in [0.3, 0.4) is 0 Å². The van der Waals surface area contributed by atoms with Gasteiger partial charge in [-0.2, -0.15) is 5.26 Å². The van der Waals surface area contributed by atoms with Crippen LogP contribution in [0, 0.1) is 18.3 Å². The second-order valence-electron chi connectivity index (χ2n) is 8.58. The molecular weight excluding hydrogens is 394 g/mol. The summed E-state index contributed by atoms with van der Waals surface area (Å²) in [5.74, 6) is 0.966. The van der Waals surface area contributed by atoms with Crippen LogP contribution in [0.15, 0.2) is 60.9 Å². The fourth-order valence-electron chi connectivity index (χ4n) is 4.51. The summed E-state index contributed by atoms with van der Waals surface area (Å²) in [4.78, 5) is 7.12. The molecule has 1 aliphatic rings. The lowest BCUT2D eigenvalue weighted by Gasteiger charge is -2.21. The van der Waals surface area contributed by atoms with E-state index in [2.05, 4.69) is 71.5 Å². The van der Waals surface area contributed by atoms with Gasteiger partial charge in [0.1, 0.15) is 0 Å². The van der Waals surface area contributed by atoms with Crippen molar-refractivity contribution >= 4 is 5.69 Å². The van der Waals surface area contributed by atoms with Gasteiger partial charge in [-0.15, -0.1) is 0 Å². The van der Waals surface area contributed by atoms with Crippen molar-refractivity contribution in [3.63, 3.8) is 0 Å². The van der Waals surface area contributed by atoms with E-state index in [9.17, 15) is 0 Å². The zero-order valence-corrected chi connectivity index (χ0v) is 18.8. The second-order valence-corrected chi connectivity index (χ2v) is 8.58. The van der Waals surface area contributed by atoms with Crippen molar-refractivity contribution in [1.29, 1.82) is 5.26 Å². The number of benzene rings is 2. The molecule has 0 bridgehead atoms. The number of nitriles is 1. The average molecular weight is 422 g/mol. The quantitative estimate of drug-likeness (QED) is 0.361. The Morgan fingerprint density at radius 3 is 2.66 bits per heavy atom. The highest BCUT2D eigenvalue weighted by Gasteiger charge is 2.23. The first-order chi connectivity index (χ1) is 15.6. The van der Waals surface area contributed by atoms with Crippen LogP contribution >= 0.6 is 0 Å². The third-order valence-electron chi connectivity index (χ3n) is 6.34. The molecule has 0 unspecified atom stereocenters. The lowest BCUT2D eigenvalue weighted by atomic mass is 10.1. The number of hydrogen-bond acceptors (Lipinski definition) is 3. The number of rotatable bonds is 5. The van der Waals surface area contributed by atoms with E-state index in [1.165, 1.54) is 29.8 Å². The van der Waals surface area contributed by atoms with Gasteiger partial charge >= 0.3 is 0 Å². The molecule has 0 radical (unpaired) electrons. The summed E-state index contributed by atoms with van der Waals surface area (Å²) in [7, 11) is 2.17. The maximum atomic E-state index is 9.11. The molecule has 5 nitrogen and oxygen atoms in total. The van der Waals surface area contributed by atoms with Gasteiger partial charge in [-0.1, -0.05) is 25.5 Å². The molecule has 0 saturated heterocycles. The molecule has 4 aromatic rings. The maximum Gasteiger partial charge on any atom is 0.161 e. The Morgan fingerprint density at radius 2 is 1.91 bits per heavy atom. The van der Waals surface area contributed by atoms with E-state index < -0.39 is 0 Å². The van der Waals surface area contributed by atoms with Gasteiger partial charge in [-0.3, -0.25) is 4.57 Å². The highest BCUT2D eigenvalue weighted by Crippen LogP contribution is 2.36. The molecule has 0 fully saturated rings. The van der Waals surface area contributed by atoms with E-state index in [1.807, 2.05) is 30.5 Å². The van der Waals surface area contributed by atoms with Crippen LogP contribution in [0.4, 0.5) is 5.69 Å². The zero-order valence-electron chi connectivity index (χ0n) is 18.8. The van der Waals surface area contributed by atoms with E-state index in [4.69, 9.17) is 10.2 Å². The van der Waals surface area contributed by atoms with E-state index in [1.54, 1.807) is 0 Å². The molecule has 5 heteroatoms. The number of anilines is 1. The van der Waals surface area contributed by atoms with E-state index in [0.717, 1.165) is 41.4 Å². The molecule has 160 valence electrons. The van der Waals surface area contributed by atoms with Crippen LogP contribution in [0.25, 0.3) is 28.3 Å². The summed E-state index contributed by atoms with van der Waals surface area (Å²) in [5.41, 5.74) is 8.88. The van der Waals surface area contributed by atoms with E-state index >= 15 is 0 Å². The van der Waals surface area contributed by atoms with Gasteiger partial charge in [0.25, 0.3) is 0 Å². The first-order valence-corrected chi connectivity index (χ1v) is 11.2. The predicted octanol–water partition coefficient (Wildman–Crippen LogP) is 5.79. The largest absolute Gasteiger partial charge is 0.375 e. The SMILES string of the molecule is CCCCN(C)c1ccc2c(c1)Cn1cc(-c3ccc(C#N)cc3)cc1-c1ncc(C)n1-2. The molecule has 0 spiro atoms. The summed E-state index contributed by atoms with van der Waals surface area (Å²) in [6.07, 6.45) is 6.53. The Hall–Kier alpha value is -3.78. The van der Waals surface area contributed by atoms with Gasteiger partial charge < -0.3 is 9.47 Å². The zero-order chi connectivity index (χ0) is 22.2. The number of aromatic nitrogens is 3. The van der Waals surface area contributed by atoms with Gasteiger partial charge in [0.15, 0.2) is 5.82 Å². The van der Waals surface area contributed by atoms with Crippen molar-refractivity contribution in [2.75, 3.05) is 18.5 Å². The number of hydrogen-bond donors (Lipinski definition) is 0. The molecule has 0 aliphatic carbocycles. The van der Waals surface area contributed by atoms with Crippen LogP contribution in [-0.4, -0.2) is 27.7 Å². The lowest BCUT2D eigenvalue weighted by molar-refractivity contribution is 0.764. The number of unbranched alkanes of at least 4 members (excludes halogenated alkanes) is 1. The normalized spacial score (nSPS) is 11.8. The highest BCUT2D eigenvalue weighted by molar-refractivity contribution is 5.73. The third kappa shape index (κ3) is 3.38. The minimum atomic E-state index is 0.675. The van der Waals surface area contributed by atoms with Gasteiger partial charge in [0.05, 0.1) is 23.0 Å². The molecule has 2 aromatic heterocycles. The van der Waals surface area contributed by atoms with Gasteiger partial charge in [0.2, 0.25) is 0 Å². The van der Waals surface area contributed by atoms with Crippen molar-refractivity contribution < 1.29 is 0 Å². The topological polar surface area (TPSA) is 49.8 Å². The predicted molar refractivity (Wildman–Crippen MR) is 129 cm³/mol. The summed E-state index contributed by atoms with van der Waals surface area (Å²) in [6, 6.07) is 19.0. The molecular formula is C27H27N5. The van der Waals surface area contributed by atoms with Crippen molar-refractivity contribution in [2.45, 2.75) is 33.2 Å². The maximum absolute atomic E-state index is 9.11. The van der Waals surface area contributed by atoms with Crippen LogP contribution in [-0.2, 0) is 6.54 Å². The minimum absolute atomic E-state index is 0.675. The Labute approximate surface area is 189 Å². The van der Waals surface area contributed by atoms with Crippen LogP contribution in [0.1, 0.15) is 36.6 Å². The molecule has 5 rings (SSSR count). The highest BCUT2D eigenvalue weighted by atomic mass is 15.1. The number of nitrogens with zero attached hydrogens (tertiary/aromatic N) is 5. The Kier molecular flexibility index (Phi) is 5.07. The minimum Gasteiger partial charge on any atom is -0.375 e. The van der Waals surface area contributed by atoms with Gasteiger partial charge in [-0.25, -0.2) is 4.98 Å². The molecule has 0 N–H and O–H groups in total. The molecule has 2 aromatic carbocycles. The summed E-state index contributed by atoms with van der Waals surface area (Å²) in [5, 5.41) is 9.11. The van der Waals surface area contributed by atoms with Crippen molar-refractivity contribution in [1.82, 2.24) is 14.1 Å². The fraction of sp³-hybridized carbons (Fsp3) is 0.259. The van der Waals surface area contributed by atoms with Crippen molar-refractivity contribution in [2.24, 2.45) is 0 Å². The van der Waals surface area contributed by atoms with E-state index in [-0.39, 0.29) is 0 Å². The monoisotopic (exact) mass is 421 g/mol. The van der Waals surface area contributed by atoms with Gasteiger partial charge in [-0.05, 0) is 60.9 Å². The molecule has 1 aliphatic heterocycles. The van der Waals surface area contributed by atoms with Gasteiger partial charge in [0, 0.05) is 49.5 Å². The summed E-state index contributed by atoms with van der Waals surface area (Å²) >= 11 is 0. The molecule has 32 heavy (non-hydrogen) atoms. The van der Waals surface area contributed by atoms with Crippen LogP contribution in [0.2, 0.25) is 0 Å². The van der Waals surface area contributed by atoms with Crippen molar-refractivity contribution in [3.05, 3.63) is 77.7 Å². The second kappa shape index (κ2) is 8.05. The molecule has 0 amide bonds. The first kappa shape index (κ1) is 20.1. The van der Waals surface area contributed by atoms with Crippen LogP contribution < -0.4 is 4.90 Å². The Morgan fingerprint density at radius 1 is 1.09 bits per heavy atom. The number of imidazole rings is 1. The Balaban J connectivity index is 1.61. The molecule has 0 atom stereocenters. The Bertz CT molecular complexity index is 1320. The molecule has 3 heterocycles.